The van der Waals surface area contributed by atoms with Crippen LogP contribution in [-0.2, 0) is 5.33 Å². The third kappa shape index (κ3) is 1.59. The molecule has 13 heavy (non-hydrogen) atoms. The Morgan fingerprint density at radius 3 is 2.92 bits per heavy atom. The van der Waals surface area contributed by atoms with Crippen LogP contribution in [0.15, 0.2) is 18.2 Å². The van der Waals surface area contributed by atoms with Gasteiger partial charge in [-0.2, -0.15) is 0 Å². The fourth-order valence-corrected chi connectivity index (χ4v) is 3.86. The molecule has 2 N–H and O–H groups in total. The van der Waals surface area contributed by atoms with Gasteiger partial charge in [-0.05, 0) is 28.2 Å². The minimum atomic E-state index is 0.889. The highest BCUT2D eigenvalue weighted by atomic mass is 127. The zero-order chi connectivity index (χ0) is 9.42. The molecule has 1 aromatic heterocycles. The van der Waals surface area contributed by atoms with Crippen molar-refractivity contribution in [3.8, 4) is 0 Å². The molecule has 0 radical (unpaired) electrons. The number of hydrogen-bond acceptors (Lipinski definition) is 2. The second-order valence-corrected chi connectivity index (χ2v) is 5.40. The fourth-order valence-electron chi connectivity index (χ4n) is 1.27. The number of alkyl halides is 1. The van der Waals surface area contributed by atoms with Crippen LogP contribution in [0.3, 0.4) is 0 Å². The molecule has 0 aliphatic carbocycles. The molecule has 0 saturated carbocycles. The molecule has 0 amide bonds. The minimum absolute atomic E-state index is 0.889. The van der Waals surface area contributed by atoms with Crippen molar-refractivity contribution < 1.29 is 0 Å². The number of halogens is 2. The summed E-state index contributed by atoms with van der Waals surface area (Å²) in [6.45, 7) is 0. The Kier molecular flexibility index (Phi) is 2.80. The first-order chi connectivity index (χ1) is 6.24. The highest BCUT2D eigenvalue weighted by Gasteiger charge is 2.08. The smallest absolute Gasteiger partial charge is 0.100 e. The highest BCUT2D eigenvalue weighted by Crippen LogP contribution is 2.36. The molecule has 0 spiro atoms. The van der Waals surface area contributed by atoms with Gasteiger partial charge in [0.1, 0.15) is 5.00 Å². The van der Waals surface area contributed by atoms with Gasteiger partial charge in [-0.15, -0.1) is 11.3 Å². The van der Waals surface area contributed by atoms with E-state index in [-0.39, 0.29) is 0 Å². The maximum absolute atomic E-state index is 5.87. The largest absolute Gasteiger partial charge is 0.390 e. The number of benzene rings is 1. The maximum Gasteiger partial charge on any atom is 0.100 e. The van der Waals surface area contributed by atoms with Gasteiger partial charge in [0.05, 0.1) is 3.57 Å². The normalized spacial score (nSPS) is 10.9. The van der Waals surface area contributed by atoms with E-state index in [2.05, 4.69) is 56.7 Å². The number of fused-ring (bicyclic) bond motifs is 1. The minimum Gasteiger partial charge on any atom is -0.390 e. The van der Waals surface area contributed by atoms with E-state index in [0.29, 0.717) is 0 Å². The molecule has 0 bridgehead atoms. The van der Waals surface area contributed by atoms with Crippen LogP contribution >= 0.6 is 49.9 Å². The van der Waals surface area contributed by atoms with Crippen molar-refractivity contribution in [3.05, 3.63) is 27.3 Å². The van der Waals surface area contributed by atoms with Crippen molar-refractivity contribution in [1.29, 1.82) is 0 Å². The lowest BCUT2D eigenvalue weighted by atomic mass is 10.2. The molecule has 0 saturated heterocycles. The lowest BCUT2D eigenvalue weighted by Gasteiger charge is -1.96. The summed E-state index contributed by atoms with van der Waals surface area (Å²) < 4.78 is 2.49. The van der Waals surface area contributed by atoms with E-state index >= 15 is 0 Å². The second kappa shape index (κ2) is 3.74. The number of hydrogen-bond donors (Lipinski definition) is 1. The highest BCUT2D eigenvalue weighted by molar-refractivity contribution is 14.1. The summed E-state index contributed by atoms with van der Waals surface area (Å²) in [5.74, 6) is 0. The van der Waals surface area contributed by atoms with Gasteiger partial charge in [0.15, 0.2) is 0 Å². The second-order valence-electron chi connectivity index (χ2n) is 2.71. The van der Waals surface area contributed by atoms with Crippen LogP contribution in [0.4, 0.5) is 5.00 Å². The van der Waals surface area contributed by atoms with Crippen molar-refractivity contribution >= 4 is 64.9 Å². The molecule has 1 aromatic carbocycles. The van der Waals surface area contributed by atoms with Crippen LogP contribution in [0.2, 0.25) is 0 Å². The van der Waals surface area contributed by atoms with Crippen molar-refractivity contribution in [1.82, 2.24) is 0 Å². The van der Waals surface area contributed by atoms with E-state index < -0.39 is 0 Å². The van der Waals surface area contributed by atoms with E-state index in [9.17, 15) is 0 Å². The monoisotopic (exact) mass is 367 g/mol. The molecule has 1 nitrogen and oxygen atoms in total. The van der Waals surface area contributed by atoms with Gasteiger partial charge in [0.2, 0.25) is 0 Å². The number of rotatable bonds is 1. The molecule has 0 atom stereocenters. The molecule has 2 rings (SSSR count). The summed E-state index contributed by atoms with van der Waals surface area (Å²) in [6, 6.07) is 6.33. The Bertz CT molecular complexity index is 452. The molecular formula is C9H7BrINS. The van der Waals surface area contributed by atoms with Crippen molar-refractivity contribution in [3.63, 3.8) is 0 Å². The molecule has 0 fully saturated rings. The van der Waals surface area contributed by atoms with Crippen LogP contribution in [-0.4, -0.2) is 0 Å². The first-order valence-corrected chi connectivity index (χ1v) is 6.77. The average molecular weight is 368 g/mol. The van der Waals surface area contributed by atoms with Gasteiger partial charge < -0.3 is 5.73 Å². The molecule has 1 heterocycles. The zero-order valence-corrected chi connectivity index (χ0v) is 11.2. The summed E-state index contributed by atoms with van der Waals surface area (Å²) in [7, 11) is 0. The lowest BCUT2D eigenvalue weighted by Crippen LogP contribution is -1.80. The standard InChI is InChI=1S/C9H7BrINS/c10-4-5-2-1-3-6-7(11)9(12)13-8(5)6/h1-3H,4,12H2. The number of thiophene rings is 1. The predicted molar refractivity (Wildman–Crippen MR) is 71.6 cm³/mol. The summed E-state index contributed by atoms with van der Waals surface area (Å²) in [5, 5.41) is 3.09. The third-order valence-corrected chi connectivity index (χ3v) is 5.15. The van der Waals surface area contributed by atoms with Gasteiger partial charge >= 0.3 is 0 Å². The van der Waals surface area contributed by atoms with Crippen LogP contribution in [0, 0.1) is 3.57 Å². The molecule has 0 aliphatic rings. The molecule has 0 unspecified atom stereocenters. The Morgan fingerprint density at radius 1 is 1.46 bits per heavy atom. The van der Waals surface area contributed by atoms with Crippen LogP contribution in [0.1, 0.15) is 5.56 Å². The summed E-state index contributed by atoms with van der Waals surface area (Å²) in [5.41, 5.74) is 7.19. The number of nitrogens with two attached hydrogens (primary N) is 1. The van der Waals surface area contributed by atoms with E-state index in [4.69, 9.17) is 5.73 Å². The first kappa shape index (κ1) is 9.73. The van der Waals surface area contributed by atoms with E-state index in [0.717, 1.165) is 10.3 Å². The van der Waals surface area contributed by atoms with Gasteiger partial charge in [0.25, 0.3) is 0 Å². The fraction of sp³-hybridized carbons (Fsp3) is 0.111. The van der Waals surface area contributed by atoms with E-state index in [1.54, 1.807) is 11.3 Å². The predicted octanol–water partition coefficient (Wildman–Crippen LogP) is 3.98. The summed E-state index contributed by atoms with van der Waals surface area (Å²) in [4.78, 5) is 0. The number of nitrogen functional groups attached to an aromatic ring is 1. The maximum atomic E-state index is 5.87. The summed E-state index contributed by atoms with van der Waals surface area (Å²) >= 11 is 7.45. The lowest BCUT2D eigenvalue weighted by molar-refractivity contribution is 1.51. The quantitative estimate of drug-likeness (QED) is 0.598. The van der Waals surface area contributed by atoms with Gasteiger partial charge in [-0.3, -0.25) is 0 Å². The Hall–Kier alpha value is 0.190. The average Bonchev–Trinajstić information content (AvgIpc) is 2.43. The molecule has 4 heteroatoms. The molecular weight excluding hydrogens is 361 g/mol. The van der Waals surface area contributed by atoms with Gasteiger partial charge in [-0.1, -0.05) is 34.1 Å². The van der Waals surface area contributed by atoms with Gasteiger partial charge in [-0.25, -0.2) is 0 Å². The molecule has 0 aliphatic heterocycles. The van der Waals surface area contributed by atoms with Crippen LogP contribution < -0.4 is 5.73 Å². The van der Waals surface area contributed by atoms with Crippen molar-refractivity contribution in [2.24, 2.45) is 0 Å². The SMILES string of the molecule is Nc1sc2c(CBr)cccc2c1I. The third-order valence-electron chi connectivity index (χ3n) is 1.91. The Balaban J connectivity index is 2.84. The first-order valence-electron chi connectivity index (χ1n) is 3.75. The van der Waals surface area contributed by atoms with E-state index in [1.807, 2.05) is 0 Å². The van der Waals surface area contributed by atoms with Crippen molar-refractivity contribution in [2.75, 3.05) is 5.73 Å². The summed E-state index contributed by atoms with van der Waals surface area (Å²) in [6.07, 6.45) is 0. The van der Waals surface area contributed by atoms with Crippen LogP contribution in [0.5, 0.6) is 0 Å². The molecule has 68 valence electrons. The topological polar surface area (TPSA) is 26.0 Å². The van der Waals surface area contributed by atoms with E-state index in [1.165, 1.54) is 19.2 Å². The zero-order valence-electron chi connectivity index (χ0n) is 6.68. The Labute approximate surface area is 103 Å². The van der Waals surface area contributed by atoms with Crippen molar-refractivity contribution in [2.45, 2.75) is 5.33 Å². The van der Waals surface area contributed by atoms with Gasteiger partial charge in [0, 0.05) is 15.4 Å². The van der Waals surface area contributed by atoms with Crippen LogP contribution in [0.25, 0.3) is 10.1 Å². The molecule has 2 aromatic rings. The Morgan fingerprint density at radius 2 is 2.23 bits per heavy atom. The number of anilines is 1.